The zero-order chi connectivity index (χ0) is 14.3. The second kappa shape index (κ2) is 4.90. The van der Waals surface area contributed by atoms with Crippen LogP contribution >= 0.6 is 0 Å². The summed E-state index contributed by atoms with van der Waals surface area (Å²) < 4.78 is 35.1. The Balaban J connectivity index is 2.14. The highest BCUT2D eigenvalue weighted by Crippen LogP contribution is 2.36. The minimum Gasteiger partial charge on any atom is -0.755 e. The van der Waals surface area contributed by atoms with Crippen LogP contribution in [0.2, 0.25) is 0 Å². The third kappa shape index (κ3) is 3.00. The van der Waals surface area contributed by atoms with Crippen LogP contribution in [-0.2, 0) is 20.6 Å². The van der Waals surface area contributed by atoms with Gasteiger partial charge in [0.05, 0.1) is 11.2 Å². The van der Waals surface area contributed by atoms with Gasteiger partial charge in [0, 0.05) is 17.0 Å². The first-order valence-corrected chi connectivity index (χ1v) is 7.10. The van der Waals surface area contributed by atoms with E-state index in [1.54, 1.807) is 24.3 Å². The Kier molecular flexibility index (Phi) is 3.75. The molecule has 1 aliphatic heterocycles. The molecule has 19 heavy (non-hydrogen) atoms. The second-order valence-electron chi connectivity index (χ2n) is 5.55. The molecule has 1 aromatic carbocycles. The van der Waals surface area contributed by atoms with E-state index in [1.807, 2.05) is 27.7 Å². The van der Waals surface area contributed by atoms with Crippen LogP contribution in [0.3, 0.4) is 0 Å². The van der Waals surface area contributed by atoms with Crippen LogP contribution in [-0.4, -0.2) is 27.1 Å². The average Bonchev–Trinajstić information content (AvgIpc) is 2.48. The summed E-state index contributed by atoms with van der Waals surface area (Å²) in [6.07, 6.45) is 0. The zero-order valence-electron chi connectivity index (χ0n) is 11.4. The fourth-order valence-corrected chi connectivity index (χ4v) is 2.11. The molecule has 1 aliphatic rings. The molecule has 1 heterocycles. The smallest absolute Gasteiger partial charge is 0.494 e. The Hall–Kier alpha value is -0.885. The van der Waals surface area contributed by atoms with Crippen LogP contribution in [0.5, 0.6) is 0 Å². The number of hydrogen-bond donors (Lipinski definition) is 1. The summed E-state index contributed by atoms with van der Waals surface area (Å²) in [5, 5.41) is 0. The molecule has 0 bridgehead atoms. The van der Waals surface area contributed by atoms with Crippen LogP contribution in [0.4, 0.5) is 5.69 Å². The summed E-state index contributed by atoms with van der Waals surface area (Å²) in [6.45, 7) is 7.96. The van der Waals surface area contributed by atoms with E-state index >= 15 is 0 Å². The number of anilines is 1. The normalized spacial score (nSPS) is 22.3. The molecule has 7 heteroatoms. The molecule has 0 aromatic heterocycles. The quantitative estimate of drug-likeness (QED) is 0.668. The number of rotatable bonds is 3. The van der Waals surface area contributed by atoms with E-state index in [0.717, 1.165) is 5.46 Å². The van der Waals surface area contributed by atoms with Gasteiger partial charge in [0.2, 0.25) is 0 Å². The molecular weight excluding hydrogens is 265 g/mol. The first-order valence-electron chi connectivity index (χ1n) is 6.03. The highest BCUT2D eigenvalue weighted by atomic mass is 32.2. The molecule has 0 aliphatic carbocycles. The van der Waals surface area contributed by atoms with Gasteiger partial charge in [0.1, 0.15) is 0 Å². The standard InChI is InChI=1S/C12H18BNO4S/c1-11(2)12(3,4)18-13(17-11)9-5-7-10(8-6-9)14-19(15)16/h5-8,14H,1-4H3,(H,15,16)/p-1. The second-order valence-corrected chi connectivity index (χ2v) is 6.22. The molecule has 5 nitrogen and oxygen atoms in total. The van der Waals surface area contributed by atoms with Crippen molar-refractivity contribution in [1.82, 2.24) is 0 Å². The minimum atomic E-state index is -2.31. The molecule has 1 saturated heterocycles. The van der Waals surface area contributed by atoms with Crippen LogP contribution in [0.25, 0.3) is 0 Å². The largest absolute Gasteiger partial charge is 0.755 e. The molecule has 104 valence electrons. The van der Waals surface area contributed by atoms with Gasteiger partial charge in [-0.25, -0.2) is 0 Å². The monoisotopic (exact) mass is 282 g/mol. The van der Waals surface area contributed by atoms with E-state index < -0.39 is 18.4 Å². The van der Waals surface area contributed by atoms with Gasteiger partial charge in [-0.15, -0.1) is 0 Å². The van der Waals surface area contributed by atoms with E-state index in [1.165, 1.54) is 0 Å². The predicted octanol–water partition coefficient (Wildman–Crippen LogP) is 1.19. The van der Waals surface area contributed by atoms with Gasteiger partial charge in [0.15, 0.2) is 0 Å². The van der Waals surface area contributed by atoms with Gasteiger partial charge >= 0.3 is 7.12 Å². The minimum absolute atomic E-state index is 0.384. The van der Waals surface area contributed by atoms with Crippen molar-refractivity contribution in [3.8, 4) is 0 Å². The molecule has 0 saturated carbocycles. The number of hydrogen-bond acceptors (Lipinski definition) is 4. The van der Waals surface area contributed by atoms with Gasteiger partial charge in [-0.05, 0) is 45.3 Å². The first kappa shape index (κ1) is 14.5. The Bertz CT molecular complexity index is 473. The summed E-state index contributed by atoms with van der Waals surface area (Å²) >= 11 is -2.31. The molecule has 1 N–H and O–H groups in total. The molecule has 2 rings (SSSR count). The molecule has 1 unspecified atom stereocenters. The van der Waals surface area contributed by atoms with E-state index in [9.17, 15) is 8.76 Å². The van der Waals surface area contributed by atoms with Gasteiger partial charge in [-0.2, -0.15) is 0 Å². The van der Waals surface area contributed by atoms with Crippen molar-refractivity contribution in [1.29, 1.82) is 0 Å². The van der Waals surface area contributed by atoms with Crippen molar-refractivity contribution >= 4 is 29.5 Å². The molecule has 0 amide bonds. The number of nitrogens with one attached hydrogen (secondary N) is 1. The van der Waals surface area contributed by atoms with Crippen molar-refractivity contribution in [3.05, 3.63) is 24.3 Å². The lowest BCUT2D eigenvalue weighted by Gasteiger charge is -2.32. The van der Waals surface area contributed by atoms with Crippen LogP contribution < -0.4 is 10.2 Å². The predicted molar refractivity (Wildman–Crippen MR) is 74.7 cm³/mol. The maximum absolute atomic E-state index is 10.5. The van der Waals surface area contributed by atoms with Gasteiger partial charge < -0.3 is 18.6 Å². The first-order chi connectivity index (χ1) is 8.71. The van der Waals surface area contributed by atoms with Crippen molar-refractivity contribution in [3.63, 3.8) is 0 Å². The highest BCUT2D eigenvalue weighted by molar-refractivity contribution is 7.80. The highest BCUT2D eigenvalue weighted by Gasteiger charge is 2.51. The maximum Gasteiger partial charge on any atom is 0.494 e. The zero-order valence-corrected chi connectivity index (χ0v) is 12.2. The summed E-state index contributed by atoms with van der Waals surface area (Å²) in [6, 6.07) is 6.93. The lowest BCUT2D eigenvalue weighted by atomic mass is 9.79. The SMILES string of the molecule is CC1(C)OB(c2ccc(NS(=O)[O-])cc2)OC1(C)C. The molecule has 1 atom stereocenters. The summed E-state index contributed by atoms with van der Waals surface area (Å²) in [5.74, 6) is 0. The van der Waals surface area contributed by atoms with Crippen LogP contribution in [0.15, 0.2) is 24.3 Å². The Morgan fingerprint density at radius 2 is 1.58 bits per heavy atom. The molecular formula is C12H17BNO4S-. The fraction of sp³-hybridized carbons (Fsp3) is 0.500. The topological polar surface area (TPSA) is 70.6 Å². The van der Waals surface area contributed by atoms with Crippen molar-refractivity contribution in [2.45, 2.75) is 38.9 Å². The van der Waals surface area contributed by atoms with E-state index in [0.29, 0.717) is 5.69 Å². The van der Waals surface area contributed by atoms with E-state index in [4.69, 9.17) is 9.31 Å². The third-order valence-electron chi connectivity index (χ3n) is 3.64. The van der Waals surface area contributed by atoms with Crippen molar-refractivity contribution in [2.75, 3.05) is 4.72 Å². The van der Waals surface area contributed by atoms with Crippen LogP contribution in [0, 0.1) is 0 Å². The average molecular weight is 282 g/mol. The summed E-state index contributed by atoms with van der Waals surface area (Å²) in [4.78, 5) is 0. The van der Waals surface area contributed by atoms with E-state index in [2.05, 4.69) is 4.72 Å². The van der Waals surface area contributed by atoms with Crippen molar-refractivity contribution < 1.29 is 18.1 Å². The van der Waals surface area contributed by atoms with Gasteiger partial charge in [0.25, 0.3) is 0 Å². The molecule has 0 radical (unpaired) electrons. The maximum atomic E-state index is 10.5. The molecule has 0 spiro atoms. The van der Waals surface area contributed by atoms with Gasteiger partial charge in [-0.3, -0.25) is 4.21 Å². The number of benzene rings is 1. The summed E-state index contributed by atoms with van der Waals surface area (Å²) in [7, 11) is -0.434. The fourth-order valence-electron chi connectivity index (χ4n) is 1.78. The Labute approximate surface area is 116 Å². The molecule has 1 aromatic rings. The van der Waals surface area contributed by atoms with Crippen molar-refractivity contribution in [2.24, 2.45) is 0 Å². The lowest BCUT2D eigenvalue weighted by Crippen LogP contribution is -2.41. The molecule has 1 fully saturated rings. The Morgan fingerprint density at radius 3 is 2.00 bits per heavy atom. The van der Waals surface area contributed by atoms with Gasteiger partial charge in [-0.1, -0.05) is 12.1 Å². The Morgan fingerprint density at radius 1 is 1.11 bits per heavy atom. The van der Waals surface area contributed by atoms with E-state index in [-0.39, 0.29) is 11.2 Å². The third-order valence-corrected chi connectivity index (χ3v) is 4.04. The van der Waals surface area contributed by atoms with Crippen LogP contribution in [0.1, 0.15) is 27.7 Å². The lowest BCUT2D eigenvalue weighted by molar-refractivity contribution is 0.00578. The summed E-state index contributed by atoms with van der Waals surface area (Å²) in [5.41, 5.74) is 0.602.